The van der Waals surface area contributed by atoms with Crippen LogP contribution in [0, 0.1) is 34.5 Å². The van der Waals surface area contributed by atoms with Crippen LogP contribution in [0.5, 0.6) is 0 Å². The number of fused-ring (bicyclic) bond motifs is 5. The largest absolute Gasteiger partial charge is 0.0847 e. The minimum atomic E-state index is 0.533. The van der Waals surface area contributed by atoms with E-state index in [0.717, 1.165) is 23.7 Å². The smallest absolute Gasteiger partial charge is 0.00850 e. The van der Waals surface area contributed by atoms with Gasteiger partial charge in [0.2, 0.25) is 0 Å². The summed E-state index contributed by atoms with van der Waals surface area (Å²) in [4.78, 5) is 0. The first-order chi connectivity index (χ1) is 9.95. The second-order valence-electron chi connectivity index (χ2n) is 9.19. The lowest BCUT2D eigenvalue weighted by Gasteiger charge is -2.57. The van der Waals surface area contributed by atoms with Gasteiger partial charge in [-0.25, -0.2) is 0 Å². The fraction of sp³-hybridized carbons (Fsp3) is 0.810. The Kier molecular flexibility index (Phi) is 3.02. The monoisotopic (exact) mass is 284 g/mol. The molecule has 0 nitrogen and oxygen atoms in total. The van der Waals surface area contributed by atoms with Gasteiger partial charge in [-0.2, -0.15) is 0 Å². The van der Waals surface area contributed by atoms with Crippen LogP contribution in [-0.2, 0) is 0 Å². The average molecular weight is 284 g/mol. The summed E-state index contributed by atoms with van der Waals surface area (Å²) in [6.07, 6.45) is 15.2. The standard InChI is InChI=1S/C21H32/c1-14-9-11-21(4)16(13-14)6-7-17-18-8-5-15(2)20(18,3)12-10-19(17)21/h5-6,14,17-19H,7-13H2,1-4H3/t14-,17?,18?,19?,20?,21?/m0/s1. The third kappa shape index (κ3) is 1.80. The maximum Gasteiger partial charge on any atom is -0.00850 e. The van der Waals surface area contributed by atoms with Crippen molar-refractivity contribution in [2.75, 3.05) is 0 Å². The molecule has 116 valence electrons. The molecule has 0 amide bonds. The molecule has 0 heteroatoms. The summed E-state index contributed by atoms with van der Waals surface area (Å²) in [6.45, 7) is 10.0. The second kappa shape index (κ2) is 4.49. The van der Waals surface area contributed by atoms with E-state index in [0.29, 0.717) is 10.8 Å². The van der Waals surface area contributed by atoms with E-state index < -0.39 is 0 Å². The molecule has 0 N–H and O–H groups in total. The van der Waals surface area contributed by atoms with E-state index in [1.807, 2.05) is 5.57 Å². The topological polar surface area (TPSA) is 0 Å². The summed E-state index contributed by atoms with van der Waals surface area (Å²) in [5.74, 6) is 3.79. The highest BCUT2D eigenvalue weighted by atomic mass is 14.6. The van der Waals surface area contributed by atoms with Gasteiger partial charge < -0.3 is 0 Å². The fourth-order valence-electron chi connectivity index (χ4n) is 6.62. The van der Waals surface area contributed by atoms with E-state index in [-0.39, 0.29) is 0 Å². The van der Waals surface area contributed by atoms with Gasteiger partial charge >= 0.3 is 0 Å². The molecule has 5 unspecified atom stereocenters. The van der Waals surface area contributed by atoms with Gasteiger partial charge in [0, 0.05) is 0 Å². The Labute approximate surface area is 131 Å². The van der Waals surface area contributed by atoms with Gasteiger partial charge in [0.05, 0.1) is 0 Å². The van der Waals surface area contributed by atoms with Crippen LogP contribution in [0.25, 0.3) is 0 Å². The zero-order valence-electron chi connectivity index (χ0n) is 14.4. The Hall–Kier alpha value is -0.520. The summed E-state index contributed by atoms with van der Waals surface area (Å²) >= 11 is 0. The molecule has 0 radical (unpaired) electrons. The Bertz CT molecular complexity index is 510. The molecule has 0 aliphatic heterocycles. The maximum atomic E-state index is 2.69. The maximum absolute atomic E-state index is 2.69. The normalized spacial score (nSPS) is 52.4. The number of rotatable bonds is 0. The minimum Gasteiger partial charge on any atom is -0.0847 e. The quantitative estimate of drug-likeness (QED) is 0.469. The molecule has 4 aliphatic carbocycles. The molecule has 6 atom stereocenters. The lowest BCUT2D eigenvalue weighted by atomic mass is 9.47. The van der Waals surface area contributed by atoms with Gasteiger partial charge in [-0.1, -0.05) is 44.1 Å². The number of hydrogen-bond acceptors (Lipinski definition) is 0. The third-order valence-corrected chi connectivity index (χ3v) is 8.32. The van der Waals surface area contributed by atoms with Gasteiger partial charge in [0.15, 0.2) is 0 Å². The first-order valence-corrected chi connectivity index (χ1v) is 9.32. The predicted molar refractivity (Wildman–Crippen MR) is 90.0 cm³/mol. The highest BCUT2D eigenvalue weighted by Gasteiger charge is 2.55. The van der Waals surface area contributed by atoms with Crippen molar-refractivity contribution >= 4 is 0 Å². The summed E-state index contributed by atoms with van der Waals surface area (Å²) in [5.41, 5.74) is 4.62. The molecule has 4 rings (SSSR count). The first kappa shape index (κ1) is 14.1. The van der Waals surface area contributed by atoms with Crippen LogP contribution >= 0.6 is 0 Å². The van der Waals surface area contributed by atoms with E-state index in [1.165, 1.54) is 44.9 Å². The van der Waals surface area contributed by atoms with Gasteiger partial charge in [0.25, 0.3) is 0 Å². The second-order valence-corrected chi connectivity index (χ2v) is 9.19. The van der Waals surface area contributed by atoms with E-state index in [9.17, 15) is 0 Å². The van der Waals surface area contributed by atoms with Crippen molar-refractivity contribution in [3.63, 3.8) is 0 Å². The Morgan fingerprint density at radius 1 is 0.952 bits per heavy atom. The minimum absolute atomic E-state index is 0.533. The highest BCUT2D eigenvalue weighted by Crippen LogP contribution is 2.65. The van der Waals surface area contributed by atoms with Crippen LogP contribution in [0.15, 0.2) is 23.3 Å². The molecular formula is C21H32. The molecule has 0 aromatic heterocycles. The Balaban J connectivity index is 1.68. The van der Waals surface area contributed by atoms with E-state index in [1.54, 1.807) is 5.57 Å². The number of hydrogen-bond donors (Lipinski definition) is 0. The average Bonchev–Trinajstić information content (AvgIpc) is 2.76. The number of allylic oxidation sites excluding steroid dienone is 4. The van der Waals surface area contributed by atoms with Crippen molar-refractivity contribution in [3.8, 4) is 0 Å². The van der Waals surface area contributed by atoms with Crippen molar-refractivity contribution in [3.05, 3.63) is 23.3 Å². The van der Waals surface area contributed by atoms with E-state index in [4.69, 9.17) is 0 Å². The predicted octanol–water partition coefficient (Wildman–Crippen LogP) is 6.14. The van der Waals surface area contributed by atoms with Crippen LogP contribution in [0.3, 0.4) is 0 Å². The molecule has 2 fully saturated rings. The SMILES string of the molecule is CC1=CCC2C3CC=C4C[C@@H](C)CCC4(C)C3CCC12C. The summed E-state index contributed by atoms with van der Waals surface area (Å²) in [7, 11) is 0. The third-order valence-electron chi connectivity index (χ3n) is 8.32. The van der Waals surface area contributed by atoms with Crippen LogP contribution in [0.1, 0.15) is 72.6 Å². The molecule has 0 saturated heterocycles. The summed E-state index contributed by atoms with van der Waals surface area (Å²) in [5, 5.41) is 0. The van der Waals surface area contributed by atoms with Crippen molar-refractivity contribution in [2.45, 2.75) is 72.6 Å². The molecular weight excluding hydrogens is 252 g/mol. The molecule has 0 bridgehead atoms. The summed E-state index contributed by atoms with van der Waals surface area (Å²) in [6, 6.07) is 0. The molecule has 4 aliphatic rings. The Morgan fingerprint density at radius 2 is 1.71 bits per heavy atom. The lowest BCUT2D eigenvalue weighted by Crippen LogP contribution is -2.49. The van der Waals surface area contributed by atoms with Crippen LogP contribution in [-0.4, -0.2) is 0 Å². The van der Waals surface area contributed by atoms with Gasteiger partial charge in [0.1, 0.15) is 0 Å². The fourth-order valence-corrected chi connectivity index (χ4v) is 6.62. The van der Waals surface area contributed by atoms with Crippen molar-refractivity contribution < 1.29 is 0 Å². The summed E-state index contributed by atoms with van der Waals surface area (Å²) < 4.78 is 0. The highest BCUT2D eigenvalue weighted by molar-refractivity contribution is 5.29. The van der Waals surface area contributed by atoms with E-state index >= 15 is 0 Å². The van der Waals surface area contributed by atoms with Crippen molar-refractivity contribution in [1.29, 1.82) is 0 Å². The molecule has 0 heterocycles. The van der Waals surface area contributed by atoms with Gasteiger partial charge in [-0.15, -0.1) is 0 Å². The molecule has 0 aromatic carbocycles. The van der Waals surface area contributed by atoms with Crippen LogP contribution in [0.2, 0.25) is 0 Å². The first-order valence-electron chi connectivity index (χ1n) is 9.32. The van der Waals surface area contributed by atoms with Crippen LogP contribution < -0.4 is 0 Å². The van der Waals surface area contributed by atoms with Crippen molar-refractivity contribution in [1.82, 2.24) is 0 Å². The lowest BCUT2D eigenvalue weighted by molar-refractivity contribution is -0.0202. The van der Waals surface area contributed by atoms with Crippen molar-refractivity contribution in [2.24, 2.45) is 34.5 Å². The molecule has 21 heavy (non-hydrogen) atoms. The van der Waals surface area contributed by atoms with Crippen LogP contribution in [0.4, 0.5) is 0 Å². The zero-order valence-corrected chi connectivity index (χ0v) is 14.4. The molecule has 2 saturated carbocycles. The Morgan fingerprint density at radius 3 is 2.52 bits per heavy atom. The van der Waals surface area contributed by atoms with E-state index in [2.05, 4.69) is 39.8 Å². The molecule has 0 spiro atoms. The molecule has 0 aromatic rings. The van der Waals surface area contributed by atoms with Gasteiger partial charge in [-0.3, -0.25) is 0 Å². The van der Waals surface area contributed by atoms with Gasteiger partial charge in [-0.05, 0) is 86.4 Å². The zero-order chi connectivity index (χ0) is 14.8.